The van der Waals surface area contributed by atoms with Gasteiger partial charge in [0.25, 0.3) is 0 Å². The van der Waals surface area contributed by atoms with E-state index < -0.39 is 0 Å². The second-order valence-corrected chi connectivity index (χ2v) is 3.01. The minimum atomic E-state index is -0.0291. The van der Waals surface area contributed by atoms with Crippen molar-refractivity contribution in [2.75, 3.05) is 11.9 Å². The Kier molecular flexibility index (Phi) is 3.33. The third-order valence-electron chi connectivity index (χ3n) is 1.96. The summed E-state index contributed by atoms with van der Waals surface area (Å²) in [4.78, 5) is 0. The van der Waals surface area contributed by atoms with E-state index in [1.165, 1.54) is 0 Å². The lowest BCUT2D eigenvalue weighted by Crippen LogP contribution is -1.97. The molecule has 0 aliphatic heterocycles. The van der Waals surface area contributed by atoms with Gasteiger partial charge in [-0.1, -0.05) is 12.1 Å². The second-order valence-electron chi connectivity index (χ2n) is 3.01. The second kappa shape index (κ2) is 4.51. The van der Waals surface area contributed by atoms with Crippen LogP contribution in [0.5, 0.6) is 0 Å². The van der Waals surface area contributed by atoms with Crippen LogP contribution in [0.15, 0.2) is 24.3 Å². The summed E-state index contributed by atoms with van der Waals surface area (Å²) in [5.41, 5.74) is 2.16. The maximum atomic E-state index is 8.74. The molecule has 1 atom stereocenters. The molecule has 0 amide bonds. The van der Waals surface area contributed by atoms with Crippen LogP contribution in [-0.2, 0) is 0 Å². The Morgan fingerprint density at radius 1 is 1.54 bits per heavy atom. The molecule has 0 saturated carbocycles. The Balaban J connectivity index is 2.86. The van der Waals surface area contributed by atoms with Crippen molar-refractivity contribution in [1.82, 2.24) is 0 Å². The number of nitriles is 1. The Morgan fingerprint density at radius 3 is 2.92 bits per heavy atom. The lowest BCUT2D eigenvalue weighted by atomic mass is 10.0. The summed E-state index contributed by atoms with van der Waals surface area (Å²) < 4.78 is 0. The van der Waals surface area contributed by atoms with Gasteiger partial charge in [-0.15, -0.1) is 0 Å². The van der Waals surface area contributed by atoms with Crippen LogP contribution in [0.25, 0.3) is 0 Å². The number of benzene rings is 1. The SMILES string of the molecule is CCNc1cccc(C(C)C#N)c1. The number of hydrogen-bond acceptors (Lipinski definition) is 2. The number of nitrogens with one attached hydrogen (secondary N) is 1. The van der Waals surface area contributed by atoms with Gasteiger partial charge in [0, 0.05) is 12.2 Å². The average molecular weight is 174 g/mol. The zero-order valence-electron chi connectivity index (χ0n) is 8.04. The van der Waals surface area contributed by atoms with Crippen LogP contribution in [0.2, 0.25) is 0 Å². The standard InChI is InChI=1S/C11H14N2/c1-3-13-11-6-4-5-10(7-11)9(2)8-12/h4-7,9,13H,3H2,1-2H3. The average Bonchev–Trinajstić information content (AvgIpc) is 2.18. The lowest BCUT2D eigenvalue weighted by molar-refractivity contribution is 0.981. The molecule has 0 saturated heterocycles. The van der Waals surface area contributed by atoms with E-state index >= 15 is 0 Å². The molecule has 68 valence electrons. The van der Waals surface area contributed by atoms with Crippen LogP contribution in [0.4, 0.5) is 5.69 Å². The first-order valence-corrected chi connectivity index (χ1v) is 4.51. The highest BCUT2D eigenvalue weighted by atomic mass is 14.8. The molecule has 0 aliphatic carbocycles. The molecular weight excluding hydrogens is 160 g/mol. The van der Waals surface area contributed by atoms with Crippen molar-refractivity contribution < 1.29 is 0 Å². The zero-order chi connectivity index (χ0) is 9.68. The third kappa shape index (κ3) is 2.48. The van der Waals surface area contributed by atoms with Crippen LogP contribution in [0.1, 0.15) is 25.3 Å². The fourth-order valence-electron chi connectivity index (χ4n) is 1.20. The van der Waals surface area contributed by atoms with Gasteiger partial charge in [0.1, 0.15) is 0 Å². The van der Waals surface area contributed by atoms with Gasteiger partial charge in [-0.2, -0.15) is 5.26 Å². The molecule has 0 aliphatic rings. The van der Waals surface area contributed by atoms with Crippen LogP contribution in [0.3, 0.4) is 0 Å². The van der Waals surface area contributed by atoms with E-state index in [0.29, 0.717) is 0 Å². The Morgan fingerprint density at radius 2 is 2.31 bits per heavy atom. The number of rotatable bonds is 3. The minimum Gasteiger partial charge on any atom is -0.385 e. The first-order valence-electron chi connectivity index (χ1n) is 4.51. The highest BCUT2D eigenvalue weighted by molar-refractivity contribution is 5.47. The van der Waals surface area contributed by atoms with Crippen molar-refractivity contribution in [3.8, 4) is 6.07 Å². The molecule has 1 aromatic carbocycles. The molecule has 0 spiro atoms. The molecule has 0 radical (unpaired) electrons. The molecule has 2 nitrogen and oxygen atoms in total. The summed E-state index contributed by atoms with van der Waals surface area (Å²) in [6, 6.07) is 10.2. The van der Waals surface area contributed by atoms with Gasteiger partial charge >= 0.3 is 0 Å². The predicted octanol–water partition coefficient (Wildman–Crippen LogP) is 2.75. The largest absolute Gasteiger partial charge is 0.385 e. The highest BCUT2D eigenvalue weighted by Crippen LogP contribution is 2.18. The van der Waals surface area contributed by atoms with Crippen molar-refractivity contribution in [2.24, 2.45) is 0 Å². The Labute approximate surface area is 79.2 Å². The van der Waals surface area contributed by atoms with Gasteiger partial charge in [-0.3, -0.25) is 0 Å². The zero-order valence-corrected chi connectivity index (χ0v) is 8.04. The van der Waals surface area contributed by atoms with Gasteiger partial charge in [-0.05, 0) is 31.5 Å². The van der Waals surface area contributed by atoms with Gasteiger partial charge in [0.15, 0.2) is 0 Å². The van der Waals surface area contributed by atoms with E-state index in [4.69, 9.17) is 5.26 Å². The van der Waals surface area contributed by atoms with Gasteiger partial charge < -0.3 is 5.32 Å². The van der Waals surface area contributed by atoms with Crippen molar-refractivity contribution in [3.05, 3.63) is 29.8 Å². The summed E-state index contributed by atoms with van der Waals surface area (Å²) in [7, 11) is 0. The van der Waals surface area contributed by atoms with Crippen molar-refractivity contribution in [1.29, 1.82) is 5.26 Å². The van der Waals surface area contributed by atoms with Gasteiger partial charge in [0.05, 0.1) is 12.0 Å². The Hall–Kier alpha value is -1.49. The smallest absolute Gasteiger partial charge is 0.0700 e. The normalized spacial score (nSPS) is 11.8. The minimum absolute atomic E-state index is 0.0291. The van der Waals surface area contributed by atoms with E-state index in [0.717, 1.165) is 17.8 Å². The molecule has 1 aromatic rings. The molecular formula is C11H14N2. The molecule has 1 rings (SSSR count). The summed E-state index contributed by atoms with van der Waals surface area (Å²) in [5, 5.41) is 12.0. The molecule has 0 fully saturated rings. The molecule has 2 heteroatoms. The molecule has 0 aromatic heterocycles. The first-order chi connectivity index (χ1) is 6.27. The highest BCUT2D eigenvalue weighted by Gasteiger charge is 2.02. The molecule has 1 unspecified atom stereocenters. The van der Waals surface area contributed by atoms with Gasteiger partial charge in [0.2, 0.25) is 0 Å². The fourth-order valence-corrected chi connectivity index (χ4v) is 1.20. The van der Waals surface area contributed by atoms with Gasteiger partial charge in [-0.25, -0.2) is 0 Å². The van der Waals surface area contributed by atoms with Crippen molar-refractivity contribution in [2.45, 2.75) is 19.8 Å². The van der Waals surface area contributed by atoms with E-state index in [2.05, 4.69) is 18.3 Å². The summed E-state index contributed by atoms with van der Waals surface area (Å²) >= 11 is 0. The van der Waals surface area contributed by atoms with E-state index in [1.54, 1.807) is 0 Å². The topological polar surface area (TPSA) is 35.8 Å². The maximum absolute atomic E-state index is 8.74. The molecule has 13 heavy (non-hydrogen) atoms. The van der Waals surface area contributed by atoms with E-state index in [-0.39, 0.29) is 5.92 Å². The van der Waals surface area contributed by atoms with E-state index in [9.17, 15) is 0 Å². The maximum Gasteiger partial charge on any atom is 0.0700 e. The fraction of sp³-hybridized carbons (Fsp3) is 0.364. The summed E-state index contributed by atoms with van der Waals surface area (Å²) in [5.74, 6) is -0.0291. The van der Waals surface area contributed by atoms with Crippen LogP contribution in [0, 0.1) is 11.3 Å². The molecule has 0 heterocycles. The van der Waals surface area contributed by atoms with Crippen molar-refractivity contribution >= 4 is 5.69 Å². The van der Waals surface area contributed by atoms with E-state index in [1.807, 2.05) is 31.2 Å². The Bertz CT molecular complexity index is 312. The third-order valence-corrected chi connectivity index (χ3v) is 1.96. The van der Waals surface area contributed by atoms with Crippen LogP contribution >= 0.6 is 0 Å². The van der Waals surface area contributed by atoms with Crippen LogP contribution in [-0.4, -0.2) is 6.54 Å². The lowest BCUT2D eigenvalue weighted by Gasteiger charge is -2.06. The number of nitrogens with zero attached hydrogens (tertiary/aromatic N) is 1. The molecule has 1 N–H and O–H groups in total. The molecule has 0 bridgehead atoms. The quantitative estimate of drug-likeness (QED) is 0.764. The number of hydrogen-bond donors (Lipinski definition) is 1. The summed E-state index contributed by atoms with van der Waals surface area (Å²) in [6.45, 7) is 4.87. The predicted molar refractivity (Wildman–Crippen MR) is 54.6 cm³/mol. The van der Waals surface area contributed by atoms with Crippen molar-refractivity contribution in [3.63, 3.8) is 0 Å². The summed E-state index contributed by atoms with van der Waals surface area (Å²) in [6.07, 6.45) is 0. The monoisotopic (exact) mass is 174 g/mol. The first kappa shape index (κ1) is 9.60. The number of anilines is 1. The van der Waals surface area contributed by atoms with Crippen LogP contribution < -0.4 is 5.32 Å².